The van der Waals surface area contributed by atoms with Crippen molar-refractivity contribution in [1.29, 1.82) is 0 Å². The van der Waals surface area contributed by atoms with Crippen LogP contribution in [0.2, 0.25) is 0 Å². The smallest absolute Gasteiger partial charge is 0.144 e. The summed E-state index contributed by atoms with van der Waals surface area (Å²) in [5, 5.41) is 12.7. The van der Waals surface area contributed by atoms with E-state index >= 15 is 0 Å². The number of benzene rings is 1. The van der Waals surface area contributed by atoms with Gasteiger partial charge in [-0.25, -0.2) is 9.97 Å². The van der Waals surface area contributed by atoms with Crippen LogP contribution in [0.1, 0.15) is 16.9 Å². The van der Waals surface area contributed by atoms with Gasteiger partial charge in [0.2, 0.25) is 0 Å². The molecule has 1 aromatic carbocycles. The van der Waals surface area contributed by atoms with Crippen LogP contribution in [-0.4, -0.2) is 51.8 Å². The Balaban J connectivity index is 1.53. The summed E-state index contributed by atoms with van der Waals surface area (Å²) in [5.41, 5.74) is 8.84. The van der Waals surface area contributed by atoms with Crippen LogP contribution >= 0.6 is 11.3 Å². The van der Waals surface area contributed by atoms with Gasteiger partial charge in [-0.2, -0.15) is 5.10 Å². The highest BCUT2D eigenvalue weighted by Crippen LogP contribution is 2.39. The lowest BCUT2D eigenvalue weighted by atomic mass is 10.0. The number of aromatic amines is 1. The van der Waals surface area contributed by atoms with E-state index in [1.807, 2.05) is 12.1 Å². The fourth-order valence-corrected chi connectivity index (χ4v) is 5.18. The Bertz CT molecular complexity index is 1170. The van der Waals surface area contributed by atoms with Crippen molar-refractivity contribution in [2.75, 3.05) is 32.1 Å². The molecule has 150 valence electrons. The van der Waals surface area contributed by atoms with Crippen molar-refractivity contribution in [1.82, 2.24) is 25.1 Å². The molecule has 1 aliphatic rings. The quantitative estimate of drug-likeness (QED) is 0.449. The topological polar surface area (TPSA) is 105 Å². The molecule has 29 heavy (non-hydrogen) atoms. The number of hydrogen-bond donors (Lipinski definition) is 3. The summed E-state index contributed by atoms with van der Waals surface area (Å²) in [6, 6.07) is 3.97. The standard InChI is InChI=1S/C20H23N7OS/c1-28-16-8-14-12(9-24-26-14)7-15(16)25-19-18-13-3-6-27(5-2-4-21)10-17(13)29-20(18)23-11-22-19/h7-9,11H,2-6,10,21H2,1H3,(H,24,26)(H,22,23,25). The molecule has 0 bridgehead atoms. The summed E-state index contributed by atoms with van der Waals surface area (Å²) in [4.78, 5) is 14.0. The fourth-order valence-electron chi connectivity index (χ4n) is 3.95. The average Bonchev–Trinajstić information content (AvgIpc) is 3.35. The lowest BCUT2D eigenvalue weighted by molar-refractivity contribution is 0.256. The highest BCUT2D eigenvalue weighted by Gasteiger charge is 2.24. The zero-order valence-corrected chi connectivity index (χ0v) is 17.1. The van der Waals surface area contributed by atoms with Gasteiger partial charge in [-0.05, 0) is 37.6 Å². The van der Waals surface area contributed by atoms with Gasteiger partial charge in [0.15, 0.2) is 0 Å². The number of nitrogens with one attached hydrogen (secondary N) is 2. The molecule has 8 nitrogen and oxygen atoms in total. The van der Waals surface area contributed by atoms with Crippen molar-refractivity contribution in [2.24, 2.45) is 5.73 Å². The molecule has 0 saturated heterocycles. The summed E-state index contributed by atoms with van der Waals surface area (Å²) < 4.78 is 5.58. The van der Waals surface area contributed by atoms with Gasteiger partial charge in [-0.15, -0.1) is 11.3 Å². The second kappa shape index (κ2) is 7.58. The molecule has 4 heterocycles. The first kappa shape index (κ1) is 18.3. The van der Waals surface area contributed by atoms with Crippen molar-refractivity contribution in [3.05, 3.63) is 35.1 Å². The van der Waals surface area contributed by atoms with E-state index in [1.165, 1.54) is 10.4 Å². The molecular formula is C20H23N7OS. The van der Waals surface area contributed by atoms with Crippen LogP contribution in [0, 0.1) is 0 Å². The molecule has 3 aromatic heterocycles. The van der Waals surface area contributed by atoms with Crippen LogP contribution in [0.3, 0.4) is 0 Å². The van der Waals surface area contributed by atoms with Crippen molar-refractivity contribution >= 4 is 44.0 Å². The van der Waals surface area contributed by atoms with E-state index < -0.39 is 0 Å². The molecule has 5 rings (SSSR count). The van der Waals surface area contributed by atoms with E-state index in [-0.39, 0.29) is 0 Å². The van der Waals surface area contributed by atoms with Gasteiger partial charge in [0.1, 0.15) is 22.7 Å². The molecule has 0 unspecified atom stereocenters. The van der Waals surface area contributed by atoms with E-state index in [2.05, 4.69) is 30.4 Å². The second-order valence-electron chi connectivity index (χ2n) is 7.21. The Morgan fingerprint density at radius 2 is 2.28 bits per heavy atom. The van der Waals surface area contributed by atoms with Crippen LogP contribution in [0.4, 0.5) is 11.5 Å². The van der Waals surface area contributed by atoms with E-state index in [1.54, 1.807) is 31.0 Å². The van der Waals surface area contributed by atoms with E-state index in [0.29, 0.717) is 0 Å². The molecule has 4 N–H and O–H groups in total. The lowest BCUT2D eigenvalue weighted by Gasteiger charge is -2.26. The largest absolute Gasteiger partial charge is 0.494 e. The summed E-state index contributed by atoms with van der Waals surface area (Å²) in [6.07, 6.45) is 5.46. The monoisotopic (exact) mass is 409 g/mol. The van der Waals surface area contributed by atoms with Gasteiger partial charge in [-0.1, -0.05) is 0 Å². The van der Waals surface area contributed by atoms with Crippen LogP contribution in [0.25, 0.3) is 21.1 Å². The number of nitrogens with two attached hydrogens (primary N) is 1. The SMILES string of the molecule is COc1cc2[nH]ncc2cc1Nc1ncnc2sc3c(c12)CCN(CCCN)C3. The molecule has 9 heteroatoms. The molecule has 0 saturated carbocycles. The average molecular weight is 410 g/mol. The number of H-pyrrole nitrogens is 1. The second-order valence-corrected chi connectivity index (χ2v) is 8.29. The maximum atomic E-state index is 5.68. The third kappa shape index (κ3) is 3.31. The molecule has 1 aliphatic heterocycles. The molecular weight excluding hydrogens is 386 g/mol. The Morgan fingerprint density at radius 3 is 3.14 bits per heavy atom. The number of anilines is 2. The van der Waals surface area contributed by atoms with E-state index in [9.17, 15) is 0 Å². The lowest BCUT2D eigenvalue weighted by Crippen LogP contribution is -2.31. The summed E-state index contributed by atoms with van der Waals surface area (Å²) in [5.74, 6) is 1.56. The first-order chi connectivity index (χ1) is 14.3. The number of nitrogens with zero attached hydrogens (tertiary/aromatic N) is 4. The predicted octanol–water partition coefficient (Wildman–Crippen LogP) is 3.03. The third-order valence-corrected chi connectivity index (χ3v) is 6.53. The molecule has 0 amide bonds. The van der Waals surface area contributed by atoms with Crippen molar-refractivity contribution in [2.45, 2.75) is 19.4 Å². The minimum absolute atomic E-state index is 0.734. The minimum atomic E-state index is 0.734. The minimum Gasteiger partial charge on any atom is -0.494 e. The zero-order chi connectivity index (χ0) is 19.8. The normalized spacial score (nSPS) is 14.4. The van der Waals surface area contributed by atoms with Gasteiger partial charge in [0, 0.05) is 29.4 Å². The summed E-state index contributed by atoms with van der Waals surface area (Å²) in [7, 11) is 1.67. The summed E-state index contributed by atoms with van der Waals surface area (Å²) in [6.45, 7) is 3.78. The van der Waals surface area contributed by atoms with Crippen molar-refractivity contribution < 1.29 is 4.74 Å². The van der Waals surface area contributed by atoms with Crippen LogP contribution in [0.15, 0.2) is 24.7 Å². The highest BCUT2D eigenvalue weighted by molar-refractivity contribution is 7.19. The van der Waals surface area contributed by atoms with E-state index in [4.69, 9.17) is 10.5 Å². The number of ether oxygens (including phenoxy) is 1. The van der Waals surface area contributed by atoms with Crippen molar-refractivity contribution in [3.8, 4) is 5.75 Å². The van der Waals surface area contributed by atoms with Gasteiger partial charge in [0.05, 0.1) is 29.9 Å². The molecule has 0 fully saturated rings. The van der Waals surface area contributed by atoms with Gasteiger partial charge in [0.25, 0.3) is 0 Å². The predicted molar refractivity (Wildman–Crippen MR) is 116 cm³/mol. The Morgan fingerprint density at radius 1 is 1.34 bits per heavy atom. The van der Waals surface area contributed by atoms with Crippen LogP contribution < -0.4 is 15.8 Å². The third-order valence-electron chi connectivity index (χ3n) is 5.41. The molecule has 0 aliphatic carbocycles. The molecule has 4 aromatic rings. The molecule has 0 radical (unpaired) electrons. The molecule has 0 spiro atoms. The van der Waals surface area contributed by atoms with Gasteiger partial charge >= 0.3 is 0 Å². The van der Waals surface area contributed by atoms with Gasteiger partial charge < -0.3 is 15.8 Å². The van der Waals surface area contributed by atoms with Gasteiger partial charge in [-0.3, -0.25) is 10.00 Å². The first-order valence-electron chi connectivity index (χ1n) is 9.72. The fraction of sp³-hybridized carbons (Fsp3) is 0.350. The number of thiophene rings is 1. The Labute approximate surface area is 172 Å². The number of hydrogen-bond acceptors (Lipinski definition) is 8. The summed E-state index contributed by atoms with van der Waals surface area (Å²) >= 11 is 1.77. The maximum absolute atomic E-state index is 5.68. The highest BCUT2D eigenvalue weighted by atomic mass is 32.1. The Kier molecular flexibility index (Phi) is 4.78. The number of aromatic nitrogens is 4. The zero-order valence-electron chi connectivity index (χ0n) is 16.2. The maximum Gasteiger partial charge on any atom is 0.144 e. The van der Waals surface area contributed by atoms with Crippen LogP contribution in [0.5, 0.6) is 5.75 Å². The van der Waals surface area contributed by atoms with Crippen molar-refractivity contribution in [3.63, 3.8) is 0 Å². The first-order valence-corrected chi connectivity index (χ1v) is 10.5. The number of rotatable bonds is 6. The number of fused-ring (bicyclic) bond motifs is 4. The molecule has 0 atom stereocenters. The van der Waals surface area contributed by atoms with E-state index in [0.717, 1.165) is 77.4 Å². The number of methoxy groups -OCH3 is 1. The van der Waals surface area contributed by atoms with Crippen LogP contribution in [-0.2, 0) is 13.0 Å². The Hall–Kier alpha value is -2.75.